The minimum atomic E-state index is -0.419. The molecule has 0 saturated carbocycles. The van der Waals surface area contributed by atoms with Crippen LogP contribution >= 0.6 is 0 Å². The van der Waals surface area contributed by atoms with E-state index in [0.29, 0.717) is 16.5 Å². The molecule has 0 atom stereocenters. The van der Waals surface area contributed by atoms with E-state index >= 15 is 0 Å². The predicted octanol–water partition coefficient (Wildman–Crippen LogP) is 1.57. The molecule has 3 nitrogen and oxygen atoms in total. The summed E-state index contributed by atoms with van der Waals surface area (Å²) >= 11 is 0. The number of benzene rings is 1. The standard InChI is InChI=1S/C8H4FN3/c9-7-1-5(3-10)2-8-6(7)4-11-12-8/h1-2,4H,(H,11,12). The lowest BCUT2D eigenvalue weighted by Crippen LogP contribution is -1.80. The van der Waals surface area contributed by atoms with Gasteiger partial charge in [0, 0.05) is 0 Å². The Balaban J connectivity index is 2.86. The quantitative estimate of drug-likeness (QED) is 0.637. The van der Waals surface area contributed by atoms with Crippen LogP contribution in [0.15, 0.2) is 18.3 Å². The molecule has 12 heavy (non-hydrogen) atoms. The number of fused-ring (bicyclic) bond motifs is 1. The van der Waals surface area contributed by atoms with Gasteiger partial charge in [0.1, 0.15) is 5.82 Å². The van der Waals surface area contributed by atoms with E-state index in [4.69, 9.17) is 5.26 Å². The van der Waals surface area contributed by atoms with Crippen molar-refractivity contribution in [2.24, 2.45) is 0 Å². The number of halogens is 1. The molecule has 1 aromatic carbocycles. The number of nitriles is 1. The van der Waals surface area contributed by atoms with Crippen molar-refractivity contribution in [3.63, 3.8) is 0 Å². The van der Waals surface area contributed by atoms with Crippen LogP contribution in [0.5, 0.6) is 0 Å². The number of H-pyrrole nitrogens is 1. The molecule has 0 spiro atoms. The number of rotatable bonds is 0. The molecular formula is C8H4FN3. The van der Waals surface area contributed by atoms with Gasteiger partial charge >= 0.3 is 0 Å². The van der Waals surface area contributed by atoms with Crippen LogP contribution in [0, 0.1) is 17.1 Å². The number of hydrogen-bond acceptors (Lipinski definition) is 2. The molecule has 0 aliphatic rings. The lowest BCUT2D eigenvalue weighted by Gasteiger charge is -1.91. The third kappa shape index (κ3) is 0.839. The zero-order chi connectivity index (χ0) is 8.55. The van der Waals surface area contributed by atoms with Crippen molar-refractivity contribution in [1.82, 2.24) is 10.2 Å². The maximum Gasteiger partial charge on any atom is 0.135 e. The van der Waals surface area contributed by atoms with Crippen molar-refractivity contribution < 1.29 is 4.39 Å². The van der Waals surface area contributed by atoms with Gasteiger partial charge in [0.25, 0.3) is 0 Å². The summed E-state index contributed by atoms with van der Waals surface area (Å²) in [6.45, 7) is 0. The molecule has 0 aliphatic heterocycles. The maximum absolute atomic E-state index is 13.1. The Morgan fingerprint density at radius 3 is 3.08 bits per heavy atom. The average Bonchev–Trinajstić information content (AvgIpc) is 2.52. The number of aromatic nitrogens is 2. The molecule has 58 valence electrons. The van der Waals surface area contributed by atoms with Crippen molar-refractivity contribution in [2.45, 2.75) is 0 Å². The van der Waals surface area contributed by atoms with Crippen LogP contribution in [0.25, 0.3) is 10.9 Å². The molecule has 0 unspecified atom stereocenters. The van der Waals surface area contributed by atoms with E-state index in [2.05, 4.69) is 10.2 Å². The monoisotopic (exact) mass is 161 g/mol. The molecule has 4 heteroatoms. The maximum atomic E-state index is 13.1. The molecule has 1 heterocycles. The van der Waals surface area contributed by atoms with Crippen LogP contribution in [-0.2, 0) is 0 Å². The molecule has 0 saturated heterocycles. The summed E-state index contributed by atoms with van der Waals surface area (Å²) in [4.78, 5) is 0. The fraction of sp³-hybridized carbons (Fsp3) is 0. The van der Waals surface area contributed by atoms with E-state index in [1.165, 1.54) is 12.3 Å². The van der Waals surface area contributed by atoms with E-state index < -0.39 is 5.82 Å². The van der Waals surface area contributed by atoms with Crippen molar-refractivity contribution in [2.75, 3.05) is 0 Å². The Morgan fingerprint density at radius 1 is 1.50 bits per heavy atom. The first-order chi connectivity index (χ1) is 5.81. The van der Waals surface area contributed by atoms with Gasteiger partial charge in [-0.25, -0.2) is 4.39 Å². The van der Waals surface area contributed by atoms with Crippen molar-refractivity contribution in [3.05, 3.63) is 29.7 Å². The van der Waals surface area contributed by atoms with Crippen LogP contribution in [0.3, 0.4) is 0 Å². The molecule has 1 N–H and O–H groups in total. The molecule has 2 rings (SSSR count). The summed E-state index contributed by atoms with van der Waals surface area (Å²) in [5.41, 5.74) is 0.843. The molecule has 0 aliphatic carbocycles. The van der Waals surface area contributed by atoms with E-state index in [0.717, 1.165) is 0 Å². The molecule has 0 radical (unpaired) electrons. The third-order valence-electron chi connectivity index (χ3n) is 1.64. The van der Waals surface area contributed by atoms with Gasteiger partial charge in [-0.15, -0.1) is 0 Å². The minimum absolute atomic E-state index is 0.296. The van der Waals surface area contributed by atoms with Gasteiger partial charge < -0.3 is 0 Å². The van der Waals surface area contributed by atoms with Gasteiger partial charge in [-0.3, -0.25) is 5.10 Å². The second kappa shape index (κ2) is 2.31. The Kier molecular flexibility index (Phi) is 1.31. The van der Waals surface area contributed by atoms with Crippen LogP contribution in [-0.4, -0.2) is 10.2 Å². The van der Waals surface area contributed by atoms with Crippen LogP contribution in [0.2, 0.25) is 0 Å². The summed E-state index contributed by atoms with van der Waals surface area (Å²) in [5, 5.41) is 15.2. The van der Waals surface area contributed by atoms with Gasteiger partial charge in [0.2, 0.25) is 0 Å². The first-order valence-electron chi connectivity index (χ1n) is 3.34. The lowest BCUT2D eigenvalue weighted by molar-refractivity contribution is 0.639. The summed E-state index contributed by atoms with van der Waals surface area (Å²) in [5.74, 6) is -0.419. The van der Waals surface area contributed by atoms with E-state index in [-0.39, 0.29) is 0 Å². The van der Waals surface area contributed by atoms with Gasteiger partial charge in [-0.1, -0.05) is 0 Å². The molecule has 0 fully saturated rings. The van der Waals surface area contributed by atoms with E-state index in [1.807, 2.05) is 6.07 Å². The molecule has 2 aromatic rings. The first-order valence-corrected chi connectivity index (χ1v) is 3.34. The van der Waals surface area contributed by atoms with E-state index in [1.54, 1.807) is 6.07 Å². The number of nitrogens with one attached hydrogen (secondary N) is 1. The van der Waals surface area contributed by atoms with Crippen molar-refractivity contribution >= 4 is 10.9 Å². The van der Waals surface area contributed by atoms with Gasteiger partial charge in [-0.2, -0.15) is 10.4 Å². The van der Waals surface area contributed by atoms with Crippen LogP contribution in [0.1, 0.15) is 5.56 Å². The predicted molar refractivity (Wildman–Crippen MR) is 40.8 cm³/mol. The number of hydrogen-bond donors (Lipinski definition) is 1. The highest BCUT2D eigenvalue weighted by Gasteiger charge is 2.03. The van der Waals surface area contributed by atoms with Gasteiger partial charge in [0.05, 0.1) is 28.7 Å². The Morgan fingerprint density at radius 2 is 2.33 bits per heavy atom. The Bertz CT molecular complexity index is 467. The second-order valence-corrected chi connectivity index (χ2v) is 2.40. The number of aromatic amines is 1. The highest BCUT2D eigenvalue weighted by molar-refractivity contribution is 5.79. The van der Waals surface area contributed by atoms with Gasteiger partial charge in [-0.05, 0) is 12.1 Å². The number of nitrogens with zero attached hydrogens (tertiary/aromatic N) is 2. The fourth-order valence-corrected chi connectivity index (χ4v) is 1.07. The summed E-state index contributed by atoms with van der Waals surface area (Å²) in [6, 6.07) is 4.62. The molecule has 0 amide bonds. The van der Waals surface area contributed by atoms with Crippen molar-refractivity contribution in [1.29, 1.82) is 5.26 Å². The largest absolute Gasteiger partial charge is 0.278 e. The smallest absolute Gasteiger partial charge is 0.135 e. The van der Waals surface area contributed by atoms with Crippen LogP contribution in [0.4, 0.5) is 4.39 Å². The fourth-order valence-electron chi connectivity index (χ4n) is 1.07. The Labute approximate surface area is 67.4 Å². The third-order valence-corrected chi connectivity index (χ3v) is 1.64. The van der Waals surface area contributed by atoms with Gasteiger partial charge in [0.15, 0.2) is 0 Å². The average molecular weight is 161 g/mol. The summed E-state index contributed by atoms with van der Waals surface area (Å²) in [6.07, 6.45) is 1.39. The molecule has 0 bridgehead atoms. The first kappa shape index (κ1) is 6.80. The Hall–Kier alpha value is -1.89. The zero-order valence-corrected chi connectivity index (χ0v) is 6.00. The van der Waals surface area contributed by atoms with E-state index in [9.17, 15) is 4.39 Å². The normalized spacial score (nSPS) is 10.0. The highest BCUT2D eigenvalue weighted by Crippen LogP contribution is 2.16. The lowest BCUT2D eigenvalue weighted by atomic mass is 10.2. The zero-order valence-electron chi connectivity index (χ0n) is 6.00. The van der Waals surface area contributed by atoms with Crippen LogP contribution < -0.4 is 0 Å². The minimum Gasteiger partial charge on any atom is -0.278 e. The summed E-state index contributed by atoms with van der Waals surface area (Å²) < 4.78 is 13.1. The molecular weight excluding hydrogens is 157 g/mol. The topological polar surface area (TPSA) is 52.5 Å². The molecule has 1 aromatic heterocycles. The van der Waals surface area contributed by atoms with Crippen molar-refractivity contribution in [3.8, 4) is 6.07 Å². The highest BCUT2D eigenvalue weighted by atomic mass is 19.1. The summed E-state index contributed by atoms with van der Waals surface area (Å²) in [7, 11) is 0. The SMILES string of the molecule is N#Cc1cc(F)c2cn[nH]c2c1. The second-order valence-electron chi connectivity index (χ2n) is 2.40.